The highest BCUT2D eigenvalue weighted by molar-refractivity contribution is 8.23. The summed E-state index contributed by atoms with van der Waals surface area (Å²) in [5, 5.41) is 12.8. The number of hydrogen-bond acceptors (Lipinski definition) is 4. The van der Waals surface area contributed by atoms with E-state index < -0.39 is 0 Å². The fourth-order valence-corrected chi connectivity index (χ4v) is 3.42. The monoisotopic (exact) mass is 320 g/mol. The second-order valence-electron chi connectivity index (χ2n) is 4.85. The second kappa shape index (κ2) is 6.87. The topological polar surface area (TPSA) is 46.4 Å². The molecular weight excluding hydrogens is 304 g/mol. The van der Waals surface area contributed by atoms with Crippen molar-refractivity contribution in [3.63, 3.8) is 0 Å². The van der Waals surface area contributed by atoms with Crippen LogP contribution in [-0.4, -0.2) is 34.8 Å². The molecule has 0 aromatic heterocycles. The molecule has 4 nitrogen and oxygen atoms in total. The maximum absolute atomic E-state index is 11.0. The first-order valence-electron chi connectivity index (χ1n) is 6.46. The van der Waals surface area contributed by atoms with Gasteiger partial charge in [0.15, 0.2) is 0 Å². The molecule has 2 aromatic rings. The van der Waals surface area contributed by atoms with Crippen LogP contribution in [0.4, 0.5) is 0 Å². The summed E-state index contributed by atoms with van der Waals surface area (Å²) in [7, 11) is 3.70. The Morgan fingerprint density at radius 1 is 1.29 bits per heavy atom. The van der Waals surface area contributed by atoms with E-state index in [4.69, 9.17) is 12.2 Å². The maximum atomic E-state index is 11.0. The van der Waals surface area contributed by atoms with Gasteiger partial charge in [-0.25, -0.2) is 0 Å². The molecule has 0 aliphatic carbocycles. The van der Waals surface area contributed by atoms with Gasteiger partial charge in [0, 0.05) is 19.0 Å². The molecule has 0 heterocycles. The molecule has 0 radical (unpaired) electrons. The van der Waals surface area contributed by atoms with E-state index in [9.17, 15) is 10.1 Å². The van der Waals surface area contributed by atoms with Crippen molar-refractivity contribution in [2.24, 2.45) is 0 Å². The van der Waals surface area contributed by atoms with Gasteiger partial charge in [-0.15, -0.1) is 0 Å². The molecule has 2 rings (SSSR count). The van der Waals surface area contributed by atoms with Crippen LogP contribution in [0.25, 0.3) is 10.8 Å². The van der Waals surface area contributed by atoms with E-state index in [2.05, 4.69) is 0 Å². The van der Waals surface area contributed by atoms with Gasteiger partial charge in [-0.3, -0.25) is 10.1 Å². The predicted molar refractivity (Wildman–Crippen MR) is 92.4 cm³/mol. The van der Waals surface area contributed by atoms with Crippen molar-refractivity contribution in [2.45, 2.75) is 5.25 Å². The van der Waals surface area contributed by atoms with E-state index in [1.165, 1.54) is 11.8 Å². The lowest BCUT2D eigenvalue weighted by molar-refractivity contribution is -0.479. The van der Waals surface area contributed by atoms with E-state index in [-0.39, 0.29) is 16.7 Å². The van der Waals surface area contributed by atoms with Crippen LogP contribution < -0.4 is 0 Å². The van der Waals surface area contributed by atoms with Crippen LogP contribution in [0, 0.1) is 10.1 Å². The molecule has 0 fully saturated rings. The van der Waals surface area contributed by atoms with E-state index in [0.29, 0.717) is 4.32 Å². The number of nitrogens with zero attached hydrogens (tertiary/aromatic N) is 2. The van der Waals surface area contributed by atoms with Crippen LogP contribution in [0.1, 0.15) is 10.8 Å². The summed E-state index contributed by atoms with van der Waals surface area (Å²) in [5.41, 5.74) is 0.957. The van der Waals surface area contributed by atoms with Gasteiger partial charge in [-0.2, -0.15) is 0 Å². The number of thiocarbonyl (C=S) groups is 1. The summed E-state index contributed by atoms with van der Waals surface area (Å²) >= 11 is 6.66. The zero-order valence-corrected chi connectivity index (χ0v) is 13.5. The minimum atomic E-state index is -0.291. The van der Waals surface area contributed by atoms with E-state index in [0.717, 1.165) is 16.3 Å². The van der Waals surface area contributed by atoms with Gasteiger partial charge < -0.3 is 4.90 Å². The molecular formula is C15H16N2O2S2. The fourth-order valence-electron chi connectivity index (χ4n) is 2.09. The van der Waals surface area contributed by atoms with Crippen molar-refractivity contribution >= 4 is 39.1 Å². The molecule has 0 spiro atoms. The van der Waals surface area contributed by atoms with Gasteiger partial charge in [-0.05, 0) is 16.3 Å². The largest absolute Gasteiger partial charge is 0.364 e. The molecule has 0 bridgehead atoms. The summed E-state index contributed by atoms with van der Waals surface area (Å²) in [5.74, 6) is 0. The second-order valence-corrected chi connectivity index (χ2v) is 6.69. The molecule has 1 atom stereocenters. The summed E-state index contributed by atoms with van der Waals surface area (Å²) in [6.07, 6.45) is 0. The van der Waals surface area contributed by atoms with Crippen LogP contribution in [0.15, 0.2) is 42.5 Å². The first-order valence-corrected chi connectivity index (χ1v) is 7.75. The molecule has 2 aromatic carbocycles. The van der Waals surface area contributed by atoms with E-state index in [1.807, 2.05) is 56.6 Å². The molecule has 0 aliphatic heterocycles. The van der Waals surface area contributed by atoms with E-state index in [1.54, 1.807) is 4.90 Å². The van der Waals surface area contributed by atoms with Crippen molar-refractivity contribution in [1.29, 1.82) is 0 Å². The minimum absolute atomic E-state index is 0.146. The summed E-state index contributed by atoms with van der Waals surface area (Å²) in [6.45, 7) is -0.146. The molecule has 110 valence electrons. The van der Waals surface area contributed by atoms with Crippen LogP contribution in [0.2, 0.25) is 0 Å². The quantitative estimate of drug-likeness (QED) is 0.488. The highest BCUT2D eigenvalue weighted by atomic mass is 32.2. The molecule has 0 saturated heterocycles. The van der Waals surface area contributed by atoms with Crippen molar-refractivity contribution in [2.75, 3.05) is 20.6 Å². The Bertz CT molecular complexity index is 668. The molecule has 0 aliphatic rings. The lowest BCUT2D eigenvalue weighted by Crippen LogP contribution is -2.20. The highest BCUT2D eigenvalue weighted by Crippen LogP contribution is 2.35. The fraction of sp³-hybridized carbons (Fsp3) is 0.267. The third-order valence-electron chi connectivity index (χ3n) is 3.09. The predicted octanol–water partition coefficient (Wildman–Crippen LogP) is 3.74. The van der Waals surface area contributed by atoms with Gasteiger partial charge in [0.25, 0.3) is 0 Å². The molecule has 0 N–H and O–H groups in total. The summed E-state index contributed by atoms with van der Waals surface area (Å²) in [6, 6.07) is 13.8. The lowest BCUT2D eigenvalue weighted by atomic mass is 10.0. The number of nitro groups is 1. The number of rotatable bonds is 4. The van der Waals surface area contributed by atoms with Crippen LogP contribution in [0.3, 0.4) is 0 Å². The third kappa shape index (κ3) is 3.92. The van der Waals surface area contributed by atoms with Crippen LogP contribution in [-0.2, 0) is 0 Å². The Hall–Kier alpha value is -1.66. The molecule has 0 saturated carbocycles. The van der Waals surface area contributed by atoms with Crippen molar-refractivity contribution in [3.05, 3.63) is 58.1 Å². The van der Waals surface area contributed by atoms with Gasteiger partial charge in [-0.1, -0.05) is 66.4 Å². The molecule has 21 heavy (non-hydrogen) atoms. The Labute approximate surface area is 133 Å². The maximum Gasteiger partial charge on any atom is 0.220 e. The normalized spacial score (nSPS) is 12.1. The highest BCUT2D eigenvalue weighted by Gasteiger charge is 2.23. The first kappa shape index (κ1) is 15.7. The lowest BCUT2D eigenvalue weighted by Gasteiger charge is -2.19. The first-order chi connectivity index (χ1) is 9.99. The summed E-state index contributed by atoms with van der Waals surface area (Å²) < 4.78 is 0.648. The van der Waals surface area contributed by atoms with Gasteiger partial charge >= 0.3 is 0 Å². The van der Waals surface area contributed by atoms with Gasteiger partial charge in [0.1, 0.15) is 9.57 Å². The average molecular weight is 320 g/mol. The SMILES string of the molecule is CN(C)C(=S)SC(C[N+](=O)[O-])c1cccc2ccccc12. The zero-order valence-electron chi connectivity index (χ0n) is 11.9. The molecule has 6 heteroatoms. The van der Waals surface area contributed by atoms with Crippen LogP contribution >= 0.6 is 24.0 Å². The average Bonchev–Trinajstić information content (AvgIpc) is 2.45. The number of thioether (sulfide) groups is 1. The number of benzene rings is 2. The van der Waals surface area contributed by atoms with Gasteiger partial charge in [0.05, 0.1) is 0 Å². The third-order valence-corrected chi connectivity index (χ3v) is 5.00. The van der Waals surface area contributed by atoms with Crippen molar-refractivity contribution in [3.8, 4) is 0 Å². The Morgan fingerprint density at radius 3 is 2.62 bits per heavy atom. The molecule has 0 amide bonds. The Balaban J connectivity index is 2.43. The van der Waals surface area contributed by atoms with Crippen molar-refractivity contribution in [1.82, 2.24) is 4.90 Å². The van der Waals surface area contributed by atoms with Crippen LogP contribution in [0.5, 0.6) is 0 Å². The minimum Gasteiger partial charge on any atom is -0.364 e. The smallest absolute Gasteiger partial charge is 0.220 e. The Morgan fingerprint density at radius 2 is 1.95 bits per heavy atom. The number of hydrogen-bond donors (Lipinski definition) is 0. The van der Waals surface area contributed by atoms with E-state index >= 15 is 0 Å². The summed E-state index contributed by atoms with van der Waals surface area (Å²) in [4.78, 5) is 12.5. The zero-order chi connectivity index (χ0) is 15.4. The van der Waals surface area contributed by atoms with Gasteiger partial charge in [0.2, 0.25) is 6.54 Å². The standard InChI is InChI=1S/C15H16N2O2S2/c1-16(2)15(20)21-14(10-17(18)19)13-9-5-7-11-6-3-4-8-12(11)13/h3-9,14H,10H2,1-2H3. The molecule has 1 unspecified atom stereocenters. The van der Waals surface area contributed by atoms with Crippen molar-refractivity contribution < 1.29 is 4.92 Å². The Kier molecular flexibility index (Phi) is 5.14. The number of fused-ring (bicyclic) bond motifs is 1.